The van der Waals surface area contributed by atoms with Crippen molar-refractivity contribution in [3.05, 3.63) is 0 Å². The lowest BCUT2D eigenvalue weighted by molar-refractivity contribution is -0.111. The fourth-order valence-electron chi connectivity index (χ4n) is 11.3. The number of hydrogen-bond acceptors (Lipinski definition) is 5. The lowest BCUT2D eigenvalue weighted by atomic mass is 9.87. The molecule has 444 valence electrons. The van der Waals surface area contributed by atoms with Gasteiger partial charge in [-0.05, 0) is 45.2 Å². The molecule has 0 spiro atoms. The molecule has 4 nitrogen and oxygen atoms in total. The minimum absolute atomic E-state index is 0.0394. The number of thioether (sulfide) groups is 1. The molecule has 0 saturated carbocycles. The lowest BCUT2D eigenvalue weighted by Gasteiger charge is -2.35. The molecule has 0 aliphatic carbocycles. The van der Waals surface area contributed by atoms with E-state index >= 15 is 0 Å². The highest BCUT2D eigenvalue weighted by Gasteiger charge is 2.30. The van der Waals surface area contributed by atoms with Gasteiger partial charge >= 0.3 is 9.28 Å². The number of likely N-dealkylation sites (N-methyl/N-ethyl adjacent to an activating group) is 1. The molecule has 0 radical (unpaired) electrons. The summed E-state index contributed by atoms with van der Waals surface area (Å²) in [6.07, 6.45) is 77.7. The number of rotatable bonds is 66. The van der Waals surface area contributed by atoms with Crippen molar-refractivity contribution in [3.63, 3.8) is 0 Å². The second kappa shape index (κ2) is 63.9. The van der Waals surface area contributed by atoms with Gasteiger partial charge in [-0.1, -0.05) is 367 Å². The van der Waals surface area contributed by atoms with E-state index < -0.39 is 9.28 Å². The summed E-state index contributed by atoms with van der Waals surface area (Å²) in [7, 11) is 0.359. The molecular formula is C68H139NO3SSi. The highest BCUT2D eigenvalue weighted by Crippen LogP contribution is 2.26. The molecular weight excluding hydrogens is 939 g/mol. The number of carbonyl (C=O) groups excluding carboxylic acids is 1. The number of unbranched alkanes of at least 4 members (excludes halogenated alkanes) is 49. The van der Waals surface area contributed by atoms with Crippen LogP contribution in [0.25, 0.3) is 0 Å². The Hall–Kier alpha value is 0.117. The Balaban J connectivity index is 5.02. The van der Waals surface area contributed by atoms with Gasteiger partial charge in [-0.3, -0.25) is 4.79 Å². The van der Waals surface area contributed by atoms with Gasteiger partial charge in [-0.25, -0.2) is 0 Å². The standard InChI is InChI=1S/C68H139NO3SSi/c1-6-10-14-18-22-26-29-32-34-36-39-42-45-48-52-56-61-68(69-5,62-57-53-49-46-43-40-37-35-33-30-27-23-19-15-11-7-2)66-72-74(71-63-58-54-50-25-21-17-13-9-4)65-59-64-73-67(70)60-55-51-47-44-41-38-31-28-24-20-16-12-8-3/h69,74H,6-66H2,1-5H3. The Morgan fingerprint density at radius 2 is 0.622 bits per heavy atom. The molecule has 0 aromatic carbocycles. The Morgan fingerprint density at radius 3 is 0.919 bits per heavy atom. The van der Waals surface area contributed by atoms with E-state index in [4.69, 9.17) is 8.85 Å². The third kappa shape index (κ3) is 56.8. The first kappa shape index (κ1) is 74.1. The van der Waals surface area contributed by atoms with E-state index in [9.17, 15) is 4.79 Å². The molecule has 1 unspecified atom stereocenters. The molecule has 0 aromatic rings. The summed E-state index contributed by atoms with van der Waals surface area (Å²) in [6, 6.07) is 1.02. The highest BCUT2D eigenvalue weighted by molar-refractivity contribution is 8.13. The van der Waals surface area contributed by atoms with Crippen LogP contribution in [-0.2, 0) is 13.6 Å². The van der Waals surface area contributed by atoms with Gasteiger partial charge in [0.15, 0.2) is 5.12 Å². The van der Waals surface area contributed by atoms with Crippen molar-refractivity contribution >= 4 is 26.2 Å². The van der Waals surface area contributed by atoms with Crippen LogP contribution in [0.3, 0.4) is 0 Å². The van der Waals surface area contributed by atoms with Crippen molar-refractivity contribution < 1.29 is 13.6 Å². The molecule has 6 heteroatoms. The summed E-state index contributed by atoms with van der Waals surface area (Å²) < 4.78 is 13.8. The fourth-order valence-corrected chi connectivity index (χ4v) is 14.4. The quantitative estimate of drug-likeness (QED) is 0.0486. The number of carbonyl (C=O) groups is 1. The zero-order valence-electron chi connectivity index (χ0n) is 51.8. The Kier molecular flexibility index (Phi) is 64.0. The van der Waals surface area contributed by atoms with Gasteiger partial charge in [0.05, 0.1) is 6.61 Å². The Labute approximate surface area is 473 Å². The largest absolute Gasteiger partial charge is 0.397 e. The minimum Gasteiger partial charge on any atom is -0.397 e. The van der Waals surface area contributed by atoms with E-state index in [1.165, 1.54) is 340 Å². The maximum atomic E-state index is 12.9. The molecule has 0 saturated heterocycles. The first-order valence-electron chi connectivity index (χ1n) is 34.6. The predicted molar refractivity (Wildman–Crippen MR) is 339 cm³/mol. The van der Waals surface area contributed by atoms with Crippen LogP contribution in [0, 0.1) is 0 Å². The van der Waals surface area contributed by atoms with E-state index in [0.717, 1.165) is 50.7 Å². The van der Waals surface area contributed by atoms with Gasteiger partial charge in [0, 0.05) is 24.3 Å². The van der Waals surface area contributed by atoms with Gasteiger partial charge < -0.3 is 14.2 Å². The summed E-state index contributed by atoms with van der Waals surface area (Å²) in [5.74, 6) is 0.917. The summed E-state index contributed by atoms with van der Waals surface area (Å²) in [4.78, 5) is 12.9. The van der Waals surface area contributed by atoms with Crippen molar-refractivity contribution in [2.45, 2.75) is 405 Å². The molecule has 0 amide bonds. The average molecular weight is 1080 g/mol. The molecule has 0 aromatic heterocycles. The van der Waals surface area contributed by atoms with Gasteiger partial charge in [0.1, 0.15) is 0 Å². The summed E-state index contributed by atoms with van der Waals surface area (Å²) in [5.41, 5.74) is 0.0394. The highest BCUT2D eigenvalue weighted by atomic mass is 32.2. The molecule has 0 rings (SSSR count). The van der Waals surface area contributed by atoms with Crippen molar-refractivity contribution in [3.8, 4) is 0 Å². The molecule has 1 N–H and O–H groups in total. The molecule has 1 atom stereocenters. The van der Waals surface area contributed by atoms with Crippen LogP contribution in [0.5, 0.6) is 0 Å². The van der Waals surface area contributed by atoms with E-state index in [1.54, 1.807) is 11.8 Å². The van der Waals surface area contributed by atoms with Crippen molar-refractivity contribution in [1.29, 1.82) is 0 Å². The lowest BCUT2D eigenvalue weighted by Crippen LogP contribution is -2.49. The van der Waals surface area contributed by atoms with Crippen molar-refractivity contribution in [2.24, 2.45) is 0 Å². The first-order valence-corrected chi connectivity index (χ1v) is 37.4. The van der Waals surface area contributed by atoms with Crippen LogP contribution in [0.2, 0.25) is 6.04 Å². The molecule has 0 fully saturated rings. The van der Waals surface area contributed by atoms with Crippen molar-refractivity contribution in [2.75, 3.05) is 26.0 Å². The van der Waals surface area contributed by atoms with Gasteiger partial charge in [-0.15, -0.1) is 0 Å². The van der Waals surface area contributed by atoms with Gasteiger partial charge in [0.2, 0.25) is 0 Å². The van der Waals surface area contributed by atoms with Crippen LogP contribution in [0.4, 0.5) is 0 Å². The van der Waals surface area contributed by atoms with E-state index in [-0.39, 0.29) is 5.54 Å². The average Bonchev–Trinajstić information content (AvgIpc) is 3.41. The first-order chi connectivity index (χ1) is 36.6. The third-order valence-corrected chi connectivity index (χ3v) is 19.8. The van der Waals surface area contributed by atoms with Gasteiger partial charge in [-0.2, -0.15) is 0 Å². The Morgan fingerprint density at radius 1 is 0.351 bits per heavy atom. The smallest absolute Gasteiger partial charge is 0.321 e. The molecule has 74 heavy (non-hydrogen) atoms. The topological polar surface area (TPSA) is 47.6 Å². The maximum Gasteiger partial charge on any atom is 0.321 e. The second-order valence-corrected chi connectivity index (χ2v) is 27.3. The molecule has 0 bridgehead atoms. The SMILES string of the molecule is CCCCCCCCCCCCCCCCCCC(CCCCCCCCCCCCCCCCCC)(CO[SiH](CCCSC(=O)CCCCCCCCCCCCCCC)OCCCCCCCCCC)NC. The summed E-state index contributed by atoms with van der Waals surface area (Å²) in [6.45, 7) is 10.9. The number of nitrogens with one attached hydrogen (secondary N) is 1. The Bertz CT molecular complexity index is 1010. The zero-order chi connectivity index (χ0) is 53.6. The van der Waals surface area contributed by atoms with Crippen LogP contribution < -0.4 is 5.32 Å². The second-order valence-electron chi connectivity index (χ2n) is 24.1. The molecule has 0 aliphatic rings. The molecule has 0 aliphatic heterocycles. The monoisotopic (exact) mass is 1080 g/mol. The van der Waals surface area contributed by atoms with Crippen LogP contribution in [-0.4, -0.2) is 46.0 Å². The van der Waals surface area contributed by atoms with Crippen LogP contribution >= 0.6 is 11.8 Å². The van der Waals surface area contributed by atoms with Crippen LogP contribution in [0.1, 0.15) is 394 Å². The number of hydrogen-bond donors (Lipinski definition) is 1. The minimum atomic E-state index is -1.86. The van der Waals surface area contributed by atoms with E-state index in [2.05, 4.69) is 40.1 Å². The van der Waals surface area contributed by atoms with E-state index in [1.807, 2.05) is 0 Å². The predicted octanol–water partition coefficient (Wildman–Crippen LogP) is 23.8. The van der Waals surface area contributed by atoms with Crippen molar-refractivity contribution in [1.82, 2.24) is 5.32 Å². The van der Waals surface area contributed by atoms with Gasteiger partial charge in [0.25, 0.3) is 0 Å². The molecule has 0 heterocycles. The van der Waals surface area contributed by atoms with Crippen LogP contribution in [0.15, 0.2) is 0 Å². The summed E-state index contributed by atoms with van der Waals surface area (Å²) >= 11 is 1.59. The maximum absolute atomic E-state index is 12.9. The third-order valence-electron chi connectivity index (χ3n) is 16.7. The van der Waals surface area contributed by atoms with E-state index in [0.29, 0.717) is 5.12 Å². The fraction of sp³-hybridized carbons (Fsp3) is 0.985. The summed E-state index contributed by atoms with van der Waals surface area (Å²) in [5, 5.41) is 4.31. The normalized spacial score (nSPS) is 12.4. The zero-order valence-corrected chi connectivity index (χ0v) is 53.8.